The van der Waals surface area contributed by atoms with Crippen molar-refractivity contribution in [2.45, 2.75) is 45.7 Å². The Hall–Kier alpha value is -0.820. The summed E-state index contributed by atoms with van der Waals surface area (Å²) in [6.07, 6.45) is 2.82. The Bertz CT molecular complexity index is 328. The van der Waals surface area contributed by atoms with E-state index in [9.17, 15) is 0 Å². The summed E-state index contributed by atoms with van der Waals surface area (Å²) in [6.45, 7) is 6.77. The molecule has 0 spiro atoms. The quantitative estimate of drug-likeness (QED) is 0.790. The maximum Gasteiger partial charge on any atom is 0.0296 e. The molecule has 15 heavy (non-hydrogen) atoms. The SMILES string of the molecule is Cc1ccccc1C(C)NC(C)C1CC1. The molecule has 2 atom stereocenters. The molecule has 1 heteroatoms. The number of hydrogen-bond acceptors (Lipinski definition) is 1. The van der Waals surface area contributed by atoms with Crippen molar-refractivity contribution in [3.05, 3.63) is 35.4 Å². The molecule has 0 aliphatic heterocycles. The molecule has 2 unspecified atom stereocenters. The van der Waals surface area contributed by atoms with Crippen molar-refractivity contribution in [3.63, 3.8) is 0 Å². The molecule has 0 aromatic heterocycles. The van der Waals surface area contributed by atoms with E-state index in [0.29, 0.717) is 12.1 Å². The van der Waals surface area contributed by atoms with Gasteiger partial charge in [-0.1, -0.05) is 24.3 Å². The molecule has 1 aromatic rings. The molecular weight excluding hydrogens is 182 g/mol. The van der Waals surface area contributed by atoms with E-state index in [2.05, 4.69) is 50.4 Å². The monoisotopic (exact) mass is 203 g/mol. The minimum Gasteiger partial charge on any atom is -0.307 e. The van der Waals surface area contributed by atoms with Crippen molar-refractivity contribution in [2.24, 2.45) is 5.92 Å². The lowest BCUT2D eigenvalue weighted by Crippen LogP contribution is -2.30. The van der Waals surface area contributed by atoms with Crippen LogP contribution in [0.2, 0.25) is 0 Å². The first-order valence-electron chi connectivity index (χ1n) is 6.00. The van der Waals surface area contributed by atoms with E-state index in [4.69, 9.17) is 0 Å². The lowest BCUT2D eigenvalue weighted by Gasteiger charge is -2.21. The molecule has 1 nitrogen and oxygen atoms in total. The third-order valence-corrected chi connectivity index (χ3v) is 3.50. The van der Waals surface area contributed by atoms with Crippen LogP contribution in [0.4, 0.5) is 0 Å². The van der Waals surface area contributed by atoms with Crippen LogP contribution in [0.15, 0.2) is 24.3 Å². The van der Waals surface area contributed by atoms with Gasteiger partial charge in [-0.3, -0.25) is 0 Å². The standard InChI is InChI=1S/C14H21N/c1-10-6-4-5-7-14(10)12(3)15-11(2)13-8-9-13/h4-7,11-13,15H,8-9H2,1-3H3. The highest BCUT2D eigenvalue weighted by atomic mass is 15.0. The maximum atomic E-state index is 3.70. The van der Waals surface area contributed by atoms with E-state index < -0.39 is 0 Å². The molecule has 0 heterocycles. The van der Waals surface area contributed by atoms with Gasteiger partial charge in [0.25, 0.3) is 0 Å². The lowest BCUT2D eigenvalue weighted by molar-refractivity contribution is 0.440. The largest absolute Gasteiger partial charge is 0.307 e. The van der Waals surface area contributed by atoms with Crippen molar-refractivity contribution in [1.29, 1.82) is 0 Å². The average molecular weight is 203 g/mol. The van der Waals surface area contributed by atoms with Crippen molar-refractivity contribution in [1.82, 2.24) is 5.32 Å². The van der Waals surface area contributed by atoms with Crippen LogP contribution >= 0.6 is 0 Å². The third-order valence-electron chi connectivity index (χ3n) is 3.50. The number of rotatable bonds is 4. The fraction of sp³-hybridized carbons (Fsp3) is 0.571. The van der Waals surface area contributed by atoms with Gasteiger partial charge in [-0.15, -0.1) is 0 Å². The first-order chi connectivity index (χ1) is 7.18. The fourth-order valence-electron chi connectivity index (χ4n) is 2.29. The molecule has 1 saturated carbocycles. The van der Waals surface area contributed by atoms with Gasteiger partial charge in [-0.05, 0) is 50.7 Å². The summed E-state index contributed by atoms with van der Waals surface area (Å²) in [5.74, 6) is 0.927. The molecular formula is C14H21N. The predicted octanol–water partition coefficient (Wildman–Crippen LogP) is 3.44. The zero-order valence-corrected chi connectivity index (χ0v) is 9.96. The highest BCUT2D eigenvalue weighted by molar-refractivity contribution is 5.28. The highest BCUT2D eigenvalue weighted by Gasteiger charge is 2.28. The van der Waals surface area contributed by atoms with Crippen LogP contribution in [0.25, 0.3) is 0 Å². The van der Waals surface area contributed by atoms with E-state index in [1.807, 2.05) is 0 Å². The van der Waals surface area contributed by atoms with Crippen molar-refractivity contribution < 1.29 is 0 Å². The second kappa shape index (κ2) is 4.36. The van der Waals surface area contributed by atoms with Gasteiger partial charge in [0.1, 0.15) is 0 Å². The van der Waals surface area contributed by atoms with Crippen molar-refractivity contribution in [3.8, 4) is 0 Å². The van der Waals surface area contributed by atoms with E-state index in [1.54, 1.807) is 0 Å². The molecule has 1 aliphatic carbocycles. The van der Waals surface area contributed by atoms with Crippen LogP contribution in [0, 0.1) is 12.8 Å². The van der Waals surface area contributed by atoms with Crippen LogP contribution in [0.3, 0.4) is 0 Å². The van der Waals surface area contributed by atoms with E-state index in [0.717, 1.165) is 5.92 Å². The molecule has 0 radical (unpaired) electrons. The van der Waals surface area contributed by atoms with Gasteiger partial charge in [0.05, 0.1) is 0 Å². The Morgan fingerprint density at radius 2 is 1.87 bits per heavy atom. The van der Waals surface area contributed by atoms with Gasteiger partial charge in [0, 0.05) is 12.1 Å². The minimum atomic E-state index is 0.474. The fourth-order valence-corrected chi connectivity index (χ4v) is 2.29. The van der Waals surface area contributed by atoms with Gasteiger partial charge in [-0.2, -0.15) is 0 Å². The molecule has 0 amide bonds. The molecule has 0 saturated heterocycles. The molecule has 1 aromatic carbocycles. The maximum absolute atomic E-state index is 3.70. The molecule has 82 valence electrons. The predicted molar refractivity (Wildman–Crippen MR) is 64.9 cm³/mol. The highest BCUT2D eigenvalue weighted by Crippen LogP contribution is 2.33. The van der Waals surface area contributed by atoms with Gasteiger partial charge in [-0.25, -0.2) is 0 Å². The Kier molecular flexibility index (Phi) is 3.11. The number of aryl methyl sites for hydroxylation is 1. The van der Waals surface area contributed by atoms with Crippen LogP contribution in [-0.4, -0.2) is 6.04 Å². The van der Waals surface area contributed by atoms with Gasteiger partial charge < -0.3 is 5.32 Å². The summed E-state index contributed by atoms with van der Waals surface area (Å²) in [7, 11) is 0. The first kappa shape index (κ1) is 10.7. The average Bonchev–Trinajstić information content (AvgIpc) is 3.01. The van der Waals surface area contributed by atoms with Crippen LogP contribution in [-0.2, 0) is 0 Å². The number of hydrogen-bond donors (Lipinski definition) is 1. The smallest absolute Gasteiger partial charge is 0.0296 e. The minimum absolute atomic E-state index is 0.474. The summed E-state index contributed by atoms with van der Waals surface area (Å²) >= 11 is 0. The Morgan fingerprint density at radius 3 is 2.47 bits per heavy atom. The van der Waals surface area contributed by atoms with Gasteiger partial charge in [0.15, 0.2) is 0 Å². The van der Waals surface area contributed by atoms with E-state index in [1.165, 1.54) is 24.0 Å². The van der Waals surface area contributed by atoms with Crippen LogP contribution in [0.5, 0.6) is 0 Å². The molecule has 0 bridgehead atoms. The van der Waals surface area contributed by atoms with Crippen LogP contribution in [0.1, 0.15) is 43.9 Å². The molecule has 1 aliphatic rings. The molecule has 1 fully saturated rings. The molecule has 2 rings (SSSR count). The summed E-state index contributed by atoms with van der Waals surface area (Å²) in [5, 5.41) is 3.70. The summed E-state index contributed by atoms with van der Waals surface area (Å²) < 4.78 is 0. The lowest BCUT2D eigenvalue weighted by atomic mass is 10.0. The Balaban J connectivity index is 2.00. The zero-order valence-electron chi connectivity index (χ0n) is 9.96. The Morgan fingerprint density at radius 1 is 1.20 bits per heavy atom. The number of benzene rings is 1. The van der Waals surface area contributed by atoms with Crippen LogP contribution < -0.4 is 5.32 Å². The van der Waals surface area contributed by atoms with Crippen molar-refractivity contribution in [2.75, 3.05) is 0 Å². The van der Waals surface area contributed by atoms with Crippen molar-refractivity contribution >= 4 is 0 Å². The second-order valence-electron chi connectivity index (χ2n) is 4.87. The number of nitrogens with one attached hydrogen (secondary N) is 1. The summed E-state index contributed by atoms with van der Waals surface area (Å²) in [4.78, 5) is 0. The first-order valence-corrected chi connectivity index (χ1v) is 6.00. The topological polar surface area (TPSA) is 12.0 Å². The summed E-state index contributed by atoms with van der Waals surface area (Å²) in [6, 6.07) is 9.79. The summed E-state index contributed by atoms with van der Waals surface area (Å²) in [5.41, 5.74) is 2.82. The Labute approximate surface area is 92.9 Å². The van der Waals surface area contributed by atoms with Gasteiger partial charge >= 0.3 is 0 Å². The second-order valence-corrected chi connectivity index (χ2v) is 4.87. The molecule has 1 N–H and O–H groups in total. The van der Waals surface area contributed by atoms with Gasteiger partial charge in [0.2, 0.25) is 0 Å². The van der Waals surface area contributed by atoms with E-state index >= 15 is 0 Å². The normalized spacial score (nSPS) is 19.9. The van der Waals surface area contributed by atoms with E-state index in [-0.39, 0.29) is 0 Å². The zero-order chi connectivity index (χ0) is 10.8. The third kappa shape index (κ3) is 2.60.